The van der Waals surface area contributed by atoms with Crippen LogP contribution in [0.2, 0.25) is 0 Å². The molecular weight excluding hydrogens is 294 g/mol. The van der Waals surface area contributed by atoms with Gasteiger partial charge in [-0.3, -0.25) is 9.69 Å². The second-order valence-electron chi connectivity index (χ2n) is 4.95. The summed E-state index contributed by atoms with van der Waals surface area (Å²) in [6.45, 7) is 7.82. The van der Waals surface area contributed by atoms with Crippen molar-refractivity contribution in [2.45, 2.75) is 19.9 Å². The van der Waals surface area contributed by atoms with Crippen molar-refractivity contribution in [3.63, 3.8) is 0 Å². The van der Waals surface area contributed by atoms with Crippen LogP contribution in [0.3, 0.4) is 0 Å². The average Bonchev–Trinajstić information content (AvgIpc) is 2.45. The van der Waals surface area contributed by atoms with Crippen molar-refractivity contribution >= 4 is 30.1 Å². The zero-order chi connectivity index (χ0) is 15.1. The van der Waals surface area contributed by atoms with Crippen LogP contribution in [0.25, 0.3) is 0 Å². The predicted molar refractivity (Wildman–Crippen MR) is 88.2 cm³/mol. The van der Waals surface area contributed by atoms with E-state index in [0.717, 1.165) is 30.2 Å². The minimum atomic E-state index is -0.492. The third-order valence-corrected chi connectivity index (χ3v) is 4.04. The molecule has 0 saturated carbocycles. The summed E-state index contributed by atoms with van der Waals surface area (Å²) in [6, 6.07) is -0.492. The van der Waals surface area contributed by atoms with Crippen molar-refractivity contribution in [2.24, 2.45) is 5.73 Å². The van der Waals surface area contributed by atoms with Gasteiger partial charge in [0.15, 0.2) is 0 Å². The first kappa shape index (κ1) is 17.6. The monoisotopic (exact) mass is 317 g/mol. The van der Waals surface area contributed by atoms with Crippen LogP contribution in [0.1, 0.15) is 13.8 Å². The first-order valence-corrected chi connectivity index (χ1v) is 7.86. The molecule has 6 heteroatoms. The summed E-state index contributed by atoms with van der Waals surface area (Å²) in [5, 5.41) is 0.818. The van der Waals surface area contributed by atoms with Crippen LogP contribution in [0.4, 0.5) is 0 Å². The summed E-state index contributed by atoms with van der Waals surface area (Å²) in [5.74, 6) is 0.385. The Morgan fingerprint density at radius 3 is 2.45 bits per heavy atom. The fourth-order valence-corrected chi connectivity index (χ4v) is 2.44. The van der Waals surface area contributed by atoms with Crippen molar-refractivity contribution in [1.82, 2.24) is 9.80 Å². The maximum absolute atomic E-state index is 12.0. The van der Waals surface area contributed by atoms with Crippen molar-refractivity contribution in [1.29, 1.82) is 0 Å². The van der Waals surface area contributed by atoms with Gasteiger partial charge in [0, 0.05) is 43.5 Å². The lowest BCUT2D eigenvalue weighted by molar-refractivity contribution is -0.133. The minimum Gasteiger partial charge on any atom is -0.339 e. The molecule has 1 unspecified atom stereocenters. The Kier molecular flexibility index (Phi) is 7.66. The summed E-state index contributed by atoms with van der Waals surface area (Å²) < 4.78 is 0. The lowest BCUT2D eigenvalue weighted by atomic mass is 10.2. The highest BCUT2D eigenvalue weighted by atomic mass is 35.5. The Morgan fingerprint density at radius 2 is 2.00 bits per heavy atom. The van der Waals surface area contributed by atoms with E-state index >= 15 is 0 Å². The minimum absolute atomic E-state index is 0.00241. The van der Waals surface area contributed by atoms with Gasteiger partial charge in [0.25, 0.3) is 0 Å². The van der Waals surface area contributed by atoms with Crippen LogP contribution >= 0.6 is 24.2 Å². The first-order valence-electron chi connectivity index (χ1n) is 6.85. The number of rotatable bonds is 5. The zero-order valence-electron chi connectivity index (χ0n) is 12.2. The van der Waals surface area contributed by atoms with E-state index in [1.165, 1.54) is 0 Å². The SMILES string of the molecule is C/C=C\C(CN1CCN(C(=O)C(N)CS)CC1)=C(/C)Cl. The number of hydrogen-bond acceptors (Lipinski definition) is 4. The van der Waals surface area contributed by atoms with Gasteiger partial charge in [0.1, 0.15) is 0 Å². The van der Waals surface area contributed by atoms with Gasteiger partial charge in [-0.25, -0.2) is 0 Å². The van der Waals surface area contributed by atoms with Gasteiger partial charge in [0.2, 0.25) is 5.91 Å². The second kappa shape index (κ2) is 8.72. The summed E-state index contributed by atoms with van der Waals surface area (Å²) in [5.41, 5.74) is 6.85. The molecule has 0 radical (unpaired) electrons. The van der Waals surface area contributed by atoms with Crippen LogP contribution < -0.4 is 5.73 Å². The third kappa shape index (κ3) is 5.13. The van der Waals surface area contributed by atoms with Crippen LogP contribution in [0.5, 0.6) is 0 Å². The van der Waals surface area contributed by atoms with E-state index in [9.17, 15) is 4.79 Å². The molecule has 2 N–H and O–H groups in total. The number of piperazine rings is 1. The normalized spacial score (nSPS) is 20.1. The van der Waals surface area contributed by atoms with Crippen molar-refractivity contribution in [3.05, 3.63) is 22.8 Å². The molecule has 0 aromatic carbocycles. The molecule has 4 nitrogen and oxygen atoms in total. The van der Waals surface area contributed by atoms with E-state index in [1.54, 1.807) is 0 Å². The smallest absolute Gasteiger partial charge is 0.240 e. The van der Waals surface area contributed by atoms with Gasteiger partial charge in [-0.2, -0.15) is 12.6 Å². The van der Waals surface area contributed by atoms with Gasteiger partial charge in [-0.05, 0) is 19.4 Å². The van der Waals surface area contributed by atoms with E-state index in [2.05, 4.69) is 17.5 Å². The standard InChI is InChI=1S/C14H24ClN3OS/c1-3-4-12(11(2)15)9-17-5-7-18(8-6-17)14(19)13(16)10-20/h3-4,13,20H,5-10,16H2,1-2H3/b4-3-,12-11-. The Labute approximate surface area is 132 Å². The van der Waals surface area contributed by atoms with Gasteiger partial charge in [-0.1, -0.05) is 23.8 Å². The Hall–Kier alpha value is -0.490. The summed E-state index contributed by atoms with van der Waals surface area (Å²) >= 11 is 10.2. The number of carbonyl (C=O) groups excluding carboxylic acids is 1. The molecule has 1 amide bonds. The van der Waals surface area contributed by atoms with Gasteiger partial charge in [-0.15, -0.1) is 0 Å². The summed E-state index contributed by atoms with van der Waals surface area (Å²) in [4.78, 5) is 16.1. The molecular formula is C14H24ClN3OS. The van der Waals surface area contributed by atoms with Gasteiger partial charge < -0.3 is 10.6 Å². The number of amides is 1. The molecule has 0 aliphatic carbocycles. The topological polar surface area (TPSA) is 49.6 Å². The molecule has 0 spiro atoms. The van der Waals surface area contributed by atoms with E-state index in [1.807, 2.05) is 30.9 Å². The van der Waals surface area contributed by atoms with Crippen molar-refractivity contribution in [2.75, 3.05) is 38.5 Å². The molecule has 1 heterocycles. The number of hydrogen-bond donors (Lipinski definition) is 2. The fraction of sp³-hybridized carbons (Fsp3) is 0.643. The number of allylic oxidation sites excluding steroid dienone is 2. The second-order valence-corrected chi connectivity index (χ2v) is 5.88. The highest BCUT2D eigenvalue weighted by Crippen LogP contribution is 2.14. The average molecular weight is 318 g/mol. The molecule has 1 aliphatic rings. The molecule has 0 aromatic rings. The Morgan fingerprint density at radius 1 is 1.40 bits per heavy atom. The molecule has 0 bridgehead atoms. The van der Waals surface area contributed by atoms with E-state index in [4.69, 9.17) is 17.3 Å². The quantitative estimate of drug-likeness (QED) is 0.596. The molecule has 0 aromatic heterocycles. The zero-order valence-corrected chi connectivity index (χ0v) is 13.8. The Bertz CT molecular complexity index is 386. The number of nitrogens with zero attached hydrogens (tertiary/aromatic N) is 2. The molecule has 1 saturated heterocycles. The molecule has 20 heavy (non-hydrogen) atoms. The predicted octanol–water partition coefficient (Wildman–Crippen LogP) is 1.48. The highest BCUT2D eigenvalue weighted by molar-refractivity contribution is 7.80. The molecule has 1 aliphatic heterocycles. The van der Waals surface area contributed by atoms with Gasteiger partial charge >= 0.3 is 0 Å². The molecule has 1 atom stereocenters. The highest BCUT2D eigenvalue weighted by Gasteiger charge is 2.24. The van der Waals surface area contributed by atoms with Crippen molar-refractivity contribution < 1.29 is 4.79 Å². The van der Waals surface area contributed by atoms with E-state index in [0.29, 0.717) is 18.8 Å². The first-order chi connectivity index (χ1) is 9.49. The van der Waals surface area contributed by atoms with Gasteiger partial charge in [0.05, 0.1) is 6.04 Å². The third-order valence-electron chi connectivity index (χ3n) is 3.40. The lowest BCUT2D eigenvalue weighted by Crippen LogP contribution is -2.53. The number of halogens is 1. The van der Waals surface area contributed by atoms with Crippen LogP contribution in [0.15, 0.2) is 22.8 Å². The largest absolute Gasteiger partial charge is 0.339 e. The van der Waals surface area contributed by atoms with Crippen LogP contribution in [-0.2, 0) is 4.79 Å². The number of thiol groups is 1. The Balaban J connectivity index is 2.50. The van der Waals surface area contributed by atoms with Crippen LogP contribution in [-0.4, -0.2) is 60.2 Å². The maximum Gasteiger partial charge on any atom is 0.240 e. The molecule has 114 valence electrons. The fourth-order valence-electron chi connectivity index (χ4n) is 2.16. The van der Waals surface area contributed by atoms with E-state index in [-0.39, 0.29) is 5.91 Å². The molecule has 1 fully saturated rings. The number of carbonyl (C=O) groups is 1. The number of nitrogens with two attached hydrogens (primary N) is 1. The summed E-state index contributed by atoms with van der Waals surface area (Å²) in [7, 11) is 0. The maximum atomic E-state index is 12.0. The van der Waals surface area contributed by atoms with E-state index < -0.39 is 6.04 Å². The summed E-state index contributed by atoms with van der Waals surface area (Å²) in [6.07, 6.45) is 4.03. The lowest BCUT2D eigenvalue weighted by Gasteiger charge is -2.36. The molecule has 1 rings (SSSR count). The van der Waals surface area contributed by atoms with Crippen molar-refractivity contribution in [3.8, 4) is 0 Å². The van der Waals surface area contributed by atoms with Crippen LogP contribution in [0, 0.1) is 0 Å².